The highest BCUT2D eigenvalue weighted by atomic mass is 16.4. The molecule has 1 amide bonds. The molecule has 1 aliphatic heterocycles. The second-order valence-corrected chi connectivity index (χ2v) is 5.95. The number of hydrogen-bond donors (Lipinski definition) is 2. The van der Waals surface area contributed by atoms with Crippen LogP contribution in [-0.2, 0) is 0 Å². The van der Waals surface area contributed by atoms with Crippen molar-refractivity contribution in [2.24, 2.45) is 0 Å². The van der Waals surface area contributed by atoms with E-state index in [2.05, 4.69) is 15.3 Å². The molecule has 2 heterocycles. The smallest absolute Gasteiger partial charge is 0.335 e. The molecule has 0 bridgehead atoms. The summed E-state index contributed by atoms with van der Waals surface area (Å²) < 4.78 is 0. The van der Waals surface area contributed by atoms with Crippen LogP contribution in [0.25, 0.3) is 0 Å². The predicted molar refractivity (Wildman–Crippen MR) is 92.9 cm³/mol. The molecule has 130 valence electrons. The topological polar surface area (TPSA) is 95.4 Å². The third-order valence-corrected chi connectivity index (χ3v) is 4.34. The van der Waals surface area contributed by atoms with E-state index in [0.717, 1.165) is 12.0 Å². The first-order valence-electron chi connectivity index (χ1n) is 8.27. The summed E-state index contributed by atoms with van der Waals surface area (Å²) in [6.07, 6.45) is 3.78. The molecule has 2 aromatic rings. The third-order valence-electron chi connectivity index (χ3n) is 4.34. The zero-order chi connectivity index (χ0) is 17.8. The van der Waals surface area contributed by atoms with Gasteiger partial charge in [0.05, 0.1) is 11.1 Å². The predicted octanol–water partition coefficient (Wildman–Crippen LogP) is 2.24. The normalized spacial score (nSPS) is 16.7. The Bertz CT molecular complexity index is 776. The second-order valence-electron chi connectivity index (χ2n) is 5.95. The summed E-state index contributed by atoms with van der Waals surface area (Å²) >= 11 is 0. The Morgan fingerprint density at radius 2 is 2.00 bits per heavy atom. The fourth-order valence-corrected chi connectivity index (χ4v) is 3.12. The van der Waals surface area contributed by atoms with Crippen molar-refractivity contribution in [2.75, 3.05) is 25.0 Å². The Morgan fingerprint density at radius 3 is 2.68 bits per heavy atom. The molecule has 1 fully saturated rings. The van der Waals surface area contributed by atoms with Crippen LogP contribution in [0, 0.1) is 0 Å². The zero-order valence-electron chi connectivity index (χ0n) is 14.0. The number of carboxylic acid groups (broad SMARTS) is 1. The van der Waals surface area contributed by atoms with E-state index in [1.165, 1.54) is 12.4 Å². The molecule has 1 aromatic heterocycles. The quantitative estimate of drug-likeness (QED) is 0.867. The molecule has 1 aromatic carbocycles. The van der Waals surface area contributed by atoms with Gasteiger partial charge in [0.1, 0.15) is 0 Å². The molecular formula is C18H20N4O3. The lowest BCUT2D eigenvalue weighted by Gasteiger charge is -2.17. The minimum absolute atomic E-state index is 0.0261. The summed E-state index contributed by atoms with van der Waals surface area (Å²) in [5.74, 6) is -0.543. The molecular weight excluding hydrogens is 320 g/mol. The Balaban J connectivity index is 1.72. The largest absolute Gasteiger partial charge is 0.478 e. The van der Waals surface area contributed by atoms with Gasteiger partial charge in [-0.2, -0.15) is 0 Å². The lowest BCUT2D eigenvalue weighted by Crippen LogP contribution is -2.29. The Morgan fingerprint density at radius 1 is 1.28 bits per heavy atom. The second kappa shape index (κ2) is 7.29. The average Bonchev–Trinajstić information content (AvgIpc) is 3.12. The van der Waals surface area contributed by atoms with Crippen LogP contribution in [0.1, 0.15) is 45.5 Å². The van der Waals surface area contributed by atoms with Gasteiger partial charge in [-0.15, -0.1) is 0 Å². The summed E-state index contributed by atoms with van der Waals surface area (Å²) in [5, 5.41) is 12.3. The number of likely N-dealkylation sites (tertiary alicyclic amines) is 1. The maximum absolute atomic E-state index is 12.6. The number of aromatic nitrogens is 2. The van der Waals surface area contributed by atoms with E-state index < -0.39 is 5.97 Å². The minimum atomic E-state index is -0.937. The van der Waals surface area contributed by atoms with Crippen LogP contribution >= 0.6 is 0 Å². The van der Waals surface area contributed by atoms with Crippen LogP contribution in [0.2, 0.25) is 0 Å². The van der Waals surface area contributed by atoms with E-state index in [1.807, 2.05) is 19.1 Å². The van der Waals surface area contributed by atoms with Crippen LogP contribution in [0.4, 0.5) is 5.95 Å². The van der Waals surface area contributed by atoms with Gasteiger partial charge in [-0.1, -0.05) is 18.2 Å². The van der Waals surface area contributed by atoms with Crippen LogP contribution in [0.15, 0.2) is 36.7 Å². The molecule has 1 saturated heterocycles. The summed E-state index contributed by atoms with van der Waals surface area (Å²) in [7, 11) is 0. The highest BCUT2D eigenvalue weighted by Crippen LogP contribution is 2.30. The molecule has 0 saturated carbocycles. The molecule has 1 atom stereocenters. The van der Waals surface area contributed by atoms with E-state index in [-0.39, 0.29) is 11.8 Å². The first kappa shape index (κ1) is 16.9. The van der Waals surface area contributed by atoms with Crippen molar-refractivity contribution in [1.29, 1.82) is 0 Å². The fraction of sp³-hybridized carbons (Fsp3) is 0.333. The number of aromatic carboxylic acids is 1. The van der Waals surface area contributed by atoms with Crippen molar-refractivity contribution < 1.29 is 14.7 Å². The van der Waals surface area contributed by atoms with Crippen LogP contribution in [-0.4, -0.2) is 51.5 Å². The van der Waals surface area contributed by atoms with Gasteiger partial charge in [0.2, 0.25) is 5.95 Å². The van der Waals surface area contributed by atoms with Gasteiger partial charge < -0.3 is 15.3 Å². The number of carbonyl (C=O) groups is 2. The Labute approximate surface area is 145 Å². The molecule has 0 spiro atoms. The maximum atomic E-state index is 12.6. The number of anilines is 1. The van der Waals surface area contributed by atoms with E-state index >= 15 is 0 Å². The van der Waals surface area contributed by atoms with Crippen LogP contribution in [0.5, 0.6) is 0 Å². The summed E-state index contributed by atoms with van der Waals surface area (Å²) in [6, 6.07) is 6.99. The number of carbonyl (C=O) groups excluding carboxylic acids is 1. The molecule has 7 heteroatoms. The van der Waals surface area contributed by atoms with Crippen LogP contribution < -0.4 is 5.32 Å². The van der Waals surface area contributed by atoms with Crippen molar-refractivity contribution in [1.82, 2.24) is 14.9 Å². The van der Waals surface area contributed by atoms with Crippen molar-refractivity contribution in [3.05, 3.63) is 53.3 Å². The molecule has 0 unspecified atom stereocenters. The van der Waals surface area contributed by atoms with E-state index in [1.54, 1.807) is 17.0 Å². The van der Waals surface area contributed by atoms with Gasteiger partial charge in [0.25, 0.3) is 5.91 Å². The van der Waals surface area contributed by atoms with E-state index in [4.69, 9.17) is 0 Å². The Kier molecular flexibility index (Phi) is 4.92. The standard InChI is InChI=1S/C18H20N4O3/c1-2-19-18-20-9-13(10-21-18)16(23)22-8-7-12(11-22)14-5-3-4-6-15(14)17(24)25/h3-6,9-10,12H,2,7-8,11H2,1H3,(H,24,25)(H,19,20,21)/t12-/m1/s1. The summed E-state index contributed by atoms with van der Waals surface area (Å²) in [6.45, 7) is 3.75. The summed E-state index contributed by atoms with van der Waals surface area (Å²) in [4.78, 5) is 34.0. The molecule has 0 aliphatic carbocycles. The number of nitrogens with one attached hydrogen (secondary N) is 1. The lowest BCUT2D eigenvalue weighted by molar-refractivity contribution is 0.0695. The first-order valence-corrected chi connectivity index (χ1v) is 8.27. The molecule has 1 aliphatic rings. The van der Waals surface area contributed by atoms with Gasteiger partial charge in [0.15, 0.2) is 0 Å². The monoisotopic (exact) mass is 340 g/mol. The number of rotatable bonds is 5. The van der Waals surface area contributed by atoms with Crippen molar-refractivity contribution in [3.63, 3.8) is 0 Å². The number of amides is 1. The van der Waals surface area contributed by atoms with Crippen molar-refractivity contribution in [2.45, 2.75) is 19.3 Å². The molecule has 0 radical (unpaired) electrons. The number of benzene rings is 1. The fourth-order valence-electron chi connectivity index (χ4n) is 3.12. The van der Waals surface area contributed by atoms with Gasteiger partial charge >= 0.3 is 5.97 Å². The molecule has 7 nitrogen and oxygen atoms in total. The minimum Gasteiger partial charge on any atom is -0.478 e. The summed E-state index contributed by atoms with van der Waals surface area (Å²) in [5.41, 5.74) is 1.53. The third kappa shape index (κ3) is 3.60. The van der Waals surface area contributed by atoms with Gasteiger partial charge in [0, 0.05) is 37.9 Å². The van der Waals surface area contributed by atoms with Crippen molar-refractivity contribution >= 4 is 17.8 Å². The highest BCUT2D eigenvalue weighted by molar-refractivity contribution is 5.94. The van der Waals surface area contributed by atoms with Gasteiger partial charge in [-0.3, -0.25) is 4.79 Å². The average molecular weight is 340 g/mol. The van der Waals surface area contributed by atoms with E-state index in [9.17, 15) is 14.7 Å². The number of carboxylic acids is 1. The molecule has 2 N–H and O–H groups in total. The van der Waals surface area contributed by atoms with Gasteiger partial charge in [-0.05, 0) is 25.0 Å². The highest BCUT2D eigenvalue weighted by Gasteiger charge is 2.30. The SMILES string of the molecule is CCNc1ncc(C(=O)N2CC[C@@H](c3ccccc3C(=O)O)C2)cn1. The lowest BCUT2D eigenvalue weighted by atomic mass is 9.93. The Hall–Kier alpha value is -2.96. The van der Waals surface area contributed by atoms with E-state index in [0.29, 0.717) is 36.7 Å². The first-order chi connectivity index (χ1) is 12.1. The number of hydrogen-bond acceptors (Lipinski definition) is 5. The number of nitrogens with zero attached hydrogens (tertiary/aromatic N) is 3. The maximum Gasteiger partial charge on any atom is 0.335 e. The van der Waals surface area contributed by atoms with Crippen LogP contribution in [0.3, 0.4) is 0 Å². The zero-order valence-corrected chi connectivity index (χ0v) is 14.0. The van der Waals surface area contributed by atoms with Crippen molar-refractivity contribution in [3.8, 4) is 0 Å². The molecule has 25 heavy (non-hydrogen) atoms. The molecule has 3 rings (SSSR count). The van der Waals surface area contributed by atoms with Gasteiger partial charge in [-0.25, -0.2) is 14.8 Å².